The van der Waals surface area contributed by atoms with Gasteiger partial charge in [0.1, 0.15) is 5.82 Å². The van der Waals surface area contributed by atoms with Gasteiger partial charge in [-0.25, -0.2) is 9.38 Å². The highest BCUT2D eigenvalue weighted by Crippen LogP contribution is 2.10. The van der Waals surface area contributed by atoms with E-state index in [9.17, 15) is 9.18 Å². The molecule has 0 aliphatic rings. The normalized spacial score (nSPS) is 11.1. The maximum atomic E-state index is 13.1. The van der Waals surface area contributed by atoms with Crippen LogP contribution >= 0.6 is 0 Å². The first-order chi connectivity index (χ1) is 13.6. The topological polar surface area (TPSA) is 66.4 Å². The van der Waals surface area contributed by atoms with Gasteiger partial charge in [-0.15, -0.1) is 0 Å². The SMILES string of the molecule is CCc1ccc(NC(=NCc2cccnc2)NC(=O)c2ccc(F)cc2)cc1. The number of hydrogen-bond acceptors (Lipinski definition) is 3. The molecule has 6 heteroatoms. The van der Waals surface area contributed by atoms with Crippen LogP contribution < -0.4 is 10.6 Å². The number of nitrogens with one attached hydrogen (secondary N) is 2. The highest BCUT2D eigenvalue weighted by atomic mass is 19.1. The fourth-order valence-electron chi connectivity index (χ4n) is 2.51. The van der Waals surface area contributed by atoms with Crippen molar-refractivity contribution < 1.29 is 9.18 Å². The second-order valence-electron chi connectivity index (χ2n) is 6.16. The first kappa shape index (κ1) is 19.2. The second kappa shape index (κ2) is 9.41. The fourth-order valence-corrected chi connectivity index (χ4v) is 2.51. The van der Waals surface area contributed by atoms with Gasteiger partial charge in [-0.2, -0.15) is 0 Å². The summed E-state index contributed by atoms with van der Waals surface area (Å²) in [7, 11) is 0. The summed E-state index contributed by atoms with van der Waals surface area (Å²) in [6.07, 6.45) is 4.36. The molecule has 0 saturated heterocycles. The Balaban J connectivity index is 1.78. The zero-order chi connectivity index (χ0) is 19.8. The third-order valence-electron chi connectivity index (χ3n) is 4.11. The van der Waals surface area contributed by atoms with E-state index in [2.05, 4.69) is 27.5 Å². The number of carbonyl (C=O) groups excluding carboxylic acids is 1. The Morgan fingerprint density at radius 1 is 1.04 bits per heavy atom. The summed E-state index contributed by atoms with van der Waals surface area (Å²) in [4.78, 5) is 21.0. The molecule has 3 rings (SSSR count). The molecule has 5 nitrogen and oxygen atoms in total. The number of nitrogens with zero attached hydrogens (tertiary/aromatic N) is 2. The molecule has 0 aliphatic carbocycles. The maximum absolute atomic E-state index is 13.1. The summed E-state index contributed by atoms with van der Waals surface area (Å²) in [5.41, 5.74) is 3.29. The van der Waals surface area contributed by atoms with Crippen LogP contribution in [0.25, 0.3) is 0 Å². The van der Waals surface area contributed by atoms with Crippen LogP contribution in [0.15, 0.2) is 78.0 Å². The van der Waals surface area contributed by atoms with Gasteiger partial charge in [0.25, 0.3) is 5.91 Å². The lowest BCUT2D eigenvalue weighted by Gasteiger charge is -2.12. The smallest absolute Gasteiger partial charge is 0.257 e. The van der Waals surface area contributed by atoms with Gasteiger partial charge in [-0.3, -0.25) is 15.1 Å². The summed E-state index contributed by atoms with van der Waals surface area (Å²) >= 11 is 0. The number of aromatic nitrogens is 1. The van der Waals surface area contributed by atoms with Crippen molar-refractivity contribution in [1.29, 1.82) is 0 Å². The number of hydrogen-bond donors (Lipinski definition) is 2. The van der Waals surface area contributed by atoms with E-state index in [1.165, 1.54) is 29.8 Å². The van der Waals surface area contributed by atoms with Crippen LogP contribution in [0.3, 0.4) is 0 Å². The van der Waals surface area contributed by atoms with E-state index in [0.717, 1.165) is 17.7 Å². The van der Waals surface area contributed by atoms with Gasteiger partial charge in [0.05, 0.1) is 6.54 Å². The first-order valence-electron chi connectivity index (χ1n) is 9.00. The molecule has 0 fully saturated rings. The van der Waals surface area contributed by atoms with Crippen LogP contribution in [0, 0.1) is 5.82 Å². The maximum Gasteiger partial charge on any atom is 0.257 e. The molecule has 0 spiro atoms. The minimum atomic E-state index is -0.392. The number of aryl methyl sites for hydroxylation is 1. The molecule has 1 amide bonds. The van der Waals surface area contributed by atoms with Gasteiger partial charge in [0.2, 0.25) is 5.96 Å². The Morgan fingerprint density at radius 3 is 2.43 bits per heavy atom. The van der Waals surface area contributed by atoms with Gasteiger partial charge >= 0.3 is 0 Å². The minimum absolute atomic E-state index is 0.308. The lowest BCUT2D eigenvalue weighted by Crippen LogP contribution is -2.36. The van der Waals surface area contributed by atoms with Crippen LogP contribution in [0.5, 0.6) is 0 Å². The largest absolute Gasteiger partial charge is 0.326 e. The molecule has 142 valence electrons. The molecular formula is C22H21FN4O. The van der Waals surface area contributed by atoms with E-state index in [0.29, 0.717) is 18.1 Å². The molecule has 0 aliphatic heterocycles. The summed E-state index contributed by atoms with van der Waals surface area (Å²) in [5, 5.41) is 5.89. The molecule has 3 aromatic rings. The number of anilines is 1. The molecule has 2 aromatic carbocycles. The van der Waals surface area contributed by atoms with Gasteiger partial charge in [0.15, 0.2) is 0 Å². The number of halogens is 1. The van der Waals surface area contributed by atoms with Gasteiger partial charge in [-0.05, 0) is 60.0 Å². The zero-order valence-electron chi connectivity index (χ0n) is 15.5. The van der Waals surface area contributed by atoms with Crippen LogP contribution in [0.4, 0.5) is 10.1 Å². The molecule has 1 aromatic heterocycles. The first-order valence-corrected chi connectivity index (χ1v) is 9.00. The summed E-state index contributed by atoms with van der Waals surface area (Å²) in [5.74, 6) is -0.457. The van der Waals surface area contributed by atoms with Crippen molar-refractivity contribution >= 4 is 17.6 Å². The van der Waals surface area contributed by atoms with E-state index >= 15 is 0 Å². The molecular weight excluding hydrogens is 355 g/mol. The van der Waals surface area contributed by atoms with Gasteiger partial charge < -0.3 is 5.32 Å². The average Bonchev–Trinajstić information content (AvgIpc) is 2.73. The van der Waals surface area contributed by atoms with Crippen LogP contribution in [-0.2, 0) is 13.0 Å². The van der Waals surface area contributed by atoms with Gasteiger partial charge in [0, 0.05) is 23.6 Å². The number of pyridine rings is 1. The molecule has 0 bridgehead atoms. The Bertz CT molecular complexity index is 939. The van der Waals surface area contributed by atoms with Gasteiger partial charge in [-0.1, -0.05) is 25.1 Å². The van der Waals surface area contributed by atoms with Crippen molar-refractivity contribution in [3.05, 3.63) is 95.6 Å². The van der Waals surface area contributed by atoms with Crippen molar-refractivity contribution in [2.24, 2.45) is 4.99 Å². The second-order valence-corrected chi connectivity index (χ2v) is 6.16. The van der Waals surface area contributed by atoms with Crippen LogP contribution in [0.1, 0.15) is 28.4 Å². The monoisotopic (exact) mass is 376 g/mol. The van der Waals surface area contributed by atoms with E-state index in [4.69, 9.17) is 0 Å². The van der Waals surface area contributed by atoms with Crippen molar-refractivity contribution in [2.75, 3.05) is 5.32 Å². The highest BCUT2D eigenvalue weighted by molar-refractivity contribution is 6.09. The van der Waals surface area contributed by atoms with Crippen molar-refractivity contribution in [3.63, 3.8) is 0 Å². The highest BCUT2D eigenvalue weighted by Gasteiger charge is 2.10. The van der Waals surface area contributed by atoms with E-state index in [1.54, 1.807) is 12.4 Å². The Kier molecular flexibility index (Phi) is 6.46. The third kappa shape index (κ3) is 5.48. The molecule has 0 unspecified atom stereocenters. The lowest BCUT2D eigenvalue weighted by molar-refractivity contribution is 0.0977. The minimum Gasteiger partial charge on any atom is -0.326 e. The van der Waals surface area contributed by atoms with E-state index in [-0.39, 0.29) is 5.91 Å². The zero-order valence-corrected chi connectivity index (χ0v) is 15.5. The van der Waals surface area contributed by atoms with Crippen LogP contribution in [-0.4, -0.2) is 16.9 Å². The standard InChI is InChI=1S/C22H21FN4O/c1-2-16-5-11-20(12-6-16)26-22(25-15-17-4-3-13-24-14-17)27-21(28)18-7-9-19(23)10-8-18/h3-14H,2,15H2,1H3,(H2,25,26,27,28). The number of rotatable bonds is 5. The predicted octanol–water partition coefficient (Wildman–Crippen LogP) is 4.18. The number of amides is 1. The molecule has 0 atom stereocenters. The molecule has 0 radical (unpaired) electrons. The molecule has 1 heterocycles. The molecule has 0 saturated carbocycles. The quantitative estimate of drug-likeness (QED) is 0.519. The molecule has 28 heavy (non-hydrogen) atoms. The van der Waals surface area contributed by atoms with E-state index < -0.39 is 5.82 Å². The summed E-state index contributed by atoms with van der Waals surface area (Å²) in [6, 6.07) is 17.0. The Morgan fingerprint density at radius 2 is 1.79 bits per heavy atom. The van der Waals surface area contributed by atoms with Crippen molar-refractivity contribution in [2.45, 2.75) is 19.9 Å². The van der Waals surface area contributed by atoms with Crippen molar-refractivity contribution in [1.82, 2.24) is 10.3 Å². The van der Waals surface area contributed by atoms with E-state index in [1.807, 2.05) is 36.4 Å². The predicted molar refractivity (Wildman–Crippen MR) is 109 cm³/mol. The van der Waals surface area contributed by atoms with Crippen LogP contribution in [0.2, 0.25) is 0 Å². The van der Waals surface area contributed by atoms with Crippen molar-refractivity contribution in [3.8, 4) is 0 Å². The lowest BCUT2D eigenvalue weighted by atomic mass is 10.1. The number of aliphatic imine (C=N–C) groups is 1. The average molecular weight is 376 g/mol. The number of benzene rings is 2. The number of carbonyl (C=O) groups is 1. The fraction of sp³-hybridized carbons (Fsp3) is 0.136. The Labute approximate surface area is 163 Å². The summed E-state index contributed by atoms with van der Waals surface area (Å²) < 4.78 is 13.1. The third-order valence-corrected chi connectivity index (χ3v) is 4.11. The molecule has 2 N–H and O–H groups in total. The summed E-state index contributed by atoms with van der Waals surface area (Å²) in [6.45, 7) is 2.44. The number of guanidine groups is 1. The Hall–Kier alpha value is -3.54.